The van der Waals surface area contributed by atoms with Crippen LogP contribution in [-0.2, 0) is 4.79 Å². The number of anilines is 1. The normalized spacial score (nSPS) is 14.5. The number of carbonyl (C=O) groups is 1. The van der Waals surface area contributed by atoms with Gasteiger partial charge in [0.25, 0.3) is 5.91 Å². The third kappa shape index (κ3) is 2.90. The SMILES string of the molecule is COc1ccc(-c2cc(/C=C3\C(=O)Nc4ccc(Cl)cc43)[nH]n2)cc1. The summed E-state index contributed by atoms with van der Waals surface area (Å²) in [5.41, 5.74) is 4.60. The van der Waals surface area contributed by atoms with E-state index in [0.717, 1.165) is 34.0 Å². The topological polar surface area (TPSA) is 67.0 Å². The lowest BCUT2D eigenvalue weighted by Crippen LogP contribution is -2.03. The zero-order valence-corrected chi connectivity index (χ0v) is 14.1. The fourth-order valence-corrected chi connectivity index (χ4v) is 2.95. The van der Waals surface area contributed by atoms with Crippen molar-refractivity contribution in [3.63, 3.8) is 0 Å². The monoisotopic (exact) mass is 351 g/mol. The molecule has 2 N–H and O–H groups in total. The summed E-state index contributed by atoms with van der Waals surface area (Å²) in [6.07, 6.45) is 1.78. The van der Waals surface area contributed by atoms with Gasteiger partial charge in [0.1, 0.15) is 5.75 Å². The standard InChI is InChI=1S/C19H14ClN3O2/c1-25-14-5-2-11(3-6-14)18-10-13(22-23-18)9-16-15-8-12(20)4-7-17(15)21-19(16)24/h2-10H,1H3,(H,21,24)(H,22,23)/b16-9-. The van der Waals surface area contributed by atoms with Gasteiger partial charge in [0, 0.05) is 21.8 Å². The first-order valence-electron chi connectivity index (χ1n) is 7.67. The number of methoxy groups -OCH3 is 1. The van der Waals surface area contributed by atoms with Crippen LogP contribution < -0.4 is 10.1 Å². The highest BCUT2D eigenvalue weighted by atomic mass is 35.5. The Morgan fingerprint density at radius 1 is 1.12 bits per heavy atom. The van der Waals surface area contributed by atoms with Gasteiger partial charge in [0.2, 0.25) is 0 Å². The molecule has 1 aliphatic rings. The first-order chi connectivity index (χ1) is 12.1. The first-order valence-corrected chi connectivity index (χ1v) is 8.04. The molecule has 1 aliphatic heterocycles. The number of amides is 1. The minimum Gasteiger partial charge on any atom is -0.497 e. The third-order valence-electron chi connectivity index (χ3n) is 4.05. The number of nitrogens with zero attached hydrogens (tertiary/aromatic N) is 1. The smallest absolute Gasteiger partial charge is 0.256 e. The zero-order valence-electron chi connectivity index (χ0n) is 13.3. The van der Waals surface area contributed by atoms with Crippen molar-refractivity contribution >= 4 is 34.8 Å². The lowest BCUT2D eigenvalue weighted by Gasteiger charge is -2.00. The molecule has 1 amide bonds. The number of carbonyl (C=O) groups excluding carboxylic acids is 1. The molecule has 3 aromatic rings. The molecule has 6 heteroatoms. The summed E-state index contributed by atoms with van der Waals surface area (Å²) in [5.74, 6) is 0.635. The highest BCUT2D eigenvalue weighted by Crippen LogP contribution is 2.35. The Bertz CT molecular complexity index is 990. The van der Waals surface area contributed by atoms with Gasteiger partial charge in [-0.3, -0.25) is 9.89 Å². The zero-order chi connectivity index (χ0) is 17.4. The molecule has 0 saturated heterocycles. The van der Waals surface area contributed by atoms with Crippen LogP contribution in [0.4, 0.5) is 5.69 Å². The van der Waals surface area contributed by atoms with Crippen LogP contribution in [0.2, 0.25) is 5.02 Å². The highest BCUT2D eigenvalue weighted by Gasteiger charge is 2.24. The number of aromatic amines is 1. The summed E-state index contributed by atoms with van der Waals surface area (Å²) in [6, 6.07) is 14.8. The largest absolute Gasteiger partial charge is 0.497 e. The van der Waals surface area contributed by atoms with Crippen LogP contribution in [0.15, 0.2) is 48.5 Å². The van der Waals surface area contributed by atoms with E-state index in [-0.39, 0.29) is 5.91 Å². The number of aromatic nitrogens is 2. The van der Waals surface area contributed by atoms with Gasteiger partial charge in [0.15, 0.2) is 0 Å². The predicted octanol–water partition coefficient (Wildman–Crippen LogP) is 4.23. The number of H-pyrrole nitrogens is 1. The predicted molar refractivity (Wildman–Crippen MR) is 98.5 cm³/mol. The Balaban J connectivity index is 1.68. The van der Waals surface area contributed by atoms with Gasteiger partial charge in [-0.1, -0.05) is 11.6 Å². The molecule has 2 heterocycles. The molecule has 25 heavy (non-hydrogen) atoms. The van der Waals surface area contributed by atoms with E-state index in [9.17, 15) is 4.79 Å². The molecule has 0 bridgehead atoms. The minimum atomic E-state index is -0.155. The fourth-order valence-electron chi connectivity index (χ4n) is 2.78. The van der Waals surface area contributed by atoms with Crippen molar-refractivity contribution in [1.29, 1.82) is 0 Å². The van der Waals surface area contributed by atoms with Crippen molar-refractivity contribution in [2.24, 2.45) is 0 Å². The maximum Gasteiger partial charge on any atom is 0.256 e. The van der Waals surface area contributed by atoms with E-state index in [0.29, 0.717) is 10.6 Å². The summed E-state index contributed by atoms with van der Waals surface area (Å²) < 4.78 is 5.16. The van der Waals surface area contributed by atoms with Crippen LogP contribution in [0.1, 0.15) is 11.3 Å². The summed E-state index contributed by atoms with van der Waals surface area (Å²) >= 11 is 6.05. The number of hydrogen-bond donors (Lipinski definition) is 2. The molecule has 4 rings (SSSR count). The Hall–Kier alpha value is -3.05. The van der Waals surface area contributed by atoms with Crippen molar-refractivity contribution in [2.75, 3.05) is 12.4 Å². The third-order valence-corrected chi connectivity index (χ3v) is 4.28. The van der Waals surface area contributed by atoms with E-state index in [4.69, 9.17) is 16.3 Å². The second kappa shape index (κ2) is 6.11. The lowest BCUT2D eigenvalue weighted by atomic mass is 10.1. The molecule has 1 aromatic heterocycles. The molecule has 0 aliphatic carbocycles. The molecule has 5 nitrogen and oxygen atoms in total. The molecule has 0 fully saturated rings. The minimum absolute atomic E-state index is 0.155. The molecule has 0 saturated carbocycles. The molecule has 0 atom stereocenters. The quantitative estimate of drug-likeness (QED) is 0.694. The van der Waals surface area contributed by atoms with Gasteiger partial charge < -0.3 is 10.1 Å². The number of nitrogens with one attached hydrogen (secondary N) is 2. The lowest BCUT2D eigenvalue weighted by molar-refractivity contribution is -0.110. The maximum absolute atomic E-state index is 12.2. The summed E-state index contributed by atoms with van der Waals surface area (Å²) in [5, 5.41) is 10.7. The van der Waals surface area contributed by atoms with Gasteiger partial charge in [-0.2, -0.15) is 5.10 Å². The van der Waals surface area contributed by atoms with E-state index in [1.54, 1.807) is 31.4 Å². The Morgan fingerprint density at radius 2 is 1.92 bits per heavy atom. The Morgan fingerprint density at radius 3 is 2.68 bits per heavy atom. The van der Waals surface area contributed by atoms with E-state index >= 15 is 0 Å². The number of hydrogen-bond acceptors (Lipinski definition) is 3. The summed E-state index contributed by atoms with van der Waals surface area (Å²) in [4.78, 5) is 12.2. The molecule has 2 aromatic carbocycles. The Labute approximate surface area is 149 Å². The molecule has 0 unspecified atom stereocenters. The second-order valence-electron chi connectivity index (χ2n) is 5.64. The Kier molecular flexibility index (Phi) is 3.78. The van der Waals surface area contributed by atoms with E-state index in [1.165, 1.54) is 0 Å². The van der Waals surface area contributed by atoms with Crippen molar-refractivity contribution in [2.45, 2.75) is 0 Å². The molecule has 0 spiro atoms. The van der Waals surface area contributed by atoms with Gasteiger partial charge in [-0.15, -0.1) is 0 Å². The highest BCUT2D eigenvalue weighted by molar-refractivity contribution is 6.36. The summed E-state index contributed by atoms with van der Waals surface area (Å²) in [7, 11) is 1.63. The average molecular weight is 352 g/mol. The van der Waals surface area contributed by atoms with E-state index in [2.05, 4.69) is 15.5 Å². The van der Waals surface area contributed by atoms with Crippen molar-refractivity contribution in [3.05, 3.63) is 64.8 Å². The van der Waals surface area contributed by atoms with Crippen LogP contribution in [-0.4, -0.2) is 23.2 Å². The van der Waals surface area contributed by atoms with E-state index in [1.807, 2.05) is 30.3 Å². The van der Waals surface area contributed by atoms with Crippen LogP contribution in [0.5, 0.6) is 5.75 Å². The number of ether oxygens (including phenoxy) is 1. The van der Waals surface area contributed by atoms with Crippen molar-refractivity contribution in [3.8, 4) is 17.0 Å². The van der Waals surface area contributed by atoms with Gasteiger partial charge in [-0.05, 0) is 54.6 Å². The number of fused-ring (bicyclic) bond motifs is 1. The fraction of sp³-hybridized carbons (Fsp3) is 0.0526. The number of benzene rings is 2. The van der Waals surface area contributed by atoms with Crippen LogP contribution in [0.25, 0.3) is 22.9 Å². The second-order valence-corrected chi connectivity index (χ2v) is 6.08. The van der Waals surface area contributed by atoms with Gasteiger partial charge in [0.05, 0.1) is 24.1 Å². The van der Waals surface area contributed by atoms with E-state index < -0.39 is 0 Å². The van der Waals surface area contributed by atoms with Crippen molar-refractivity contribution in [1.82, 2.24) is 10.2 Å². The average Bonchev–Trinajstić information content (AvgIpc) is 3.21. The molecular weight excluding hydrogens is 338 g/mol. The van der Waals surface area contributed by atoms with Gasteiger partial charge >= 0.3 is 0 Å². The van der Waals surface area contributed by atoms with Crippen LogP contribution in [0, 0.1) is 0 Å². The first kappa shape index (κ1) is 15.5. The summed E-state index contributed by atoms with van der Waals surface area (Å²) in [6.45, 7) is 0. The van der Waals surface area contributed by atoms with Crippen LogP contribution >= 0.6 is 11.6 Å². The maximum atomic E-state index is 12.2. The molecular formula is C19H14ClN3O2. The molecule has 0 radical (unpaired) electrons. The number of rotatable bonds is 3. The van der Waals surface area contributed by atoms with Crippen LogP contribution in [0.3, 0.4) is 0 Å². The van der Waals surface area contributed by atoms with Gasteiger partial charge in [-0.25, -0.2) is 0 Å². The van der Waals surface area contributed by atoms with Crippen molar-refractivity contribution < 1.29 is 9.53 Å². The molecule has 124 valence electrons. The number of halogens is 1.